The minimum absolute atomic E-state index is 0.421. The summed E-state index contributed by atoms with van der Waals surface area (Å²) in [7, 11) is 0. The van der Waals surface area contributed by atoms with Gasteiger partial charge in [0, 0.05) is 11.1 Å². The molecule has 0 aliphatic carbocycles. The lowest BCUT2D eigenvalue weighted by molar-refractivity contribution is 1.09. The van der Waals surface area contributed by atoms with Crippen LogP contribution < -0.4 is 16.2 Å². The van der Waals surface area contributed by atoms with Gasteiger partial charge in [0.15, 0.2) is 10.9 Å². The Kier molecular flexibility index (Phi) is 4.67. The maximum atomic E-state index is 5.29. The van der Waals surface area contributed by atoms with E-state index in [2.05, 4.69) is 49.3 Å². The van der Waals surface area contributed by atoms with Crippen LogP contribution in [-0.4, -0.2) is 20.1 Å². The van der Waals surface area contributed by atoms with E-state index < -0.39 is 0 Å². The normalized spacial score (nSPS) is 10.5. The maximum absolute atomic E-state index is 5.29. The van der Waals surface area contributed by atoms with Crippen molar-refractivity contribution in [1.82, 2.24) is 20.4 Å². The Hall–Kier alpha value is -3.10. The van der Waals surface area contributed by atoms with Crippen molar-refractivity contribution < 1.29 is 0 Å². The number of anilines is 2. The van der Waals surface area contributed by atoms with Gasteiger partial charge in [-0.3, -0.25) is 15.8 Å². The van der Waals surface area contributed by atoms with Crippen molar-refractivity contribution in [2.45, 2.75) is 0 Å². The molecule has 4 rings (SSSR count). The molecule has 0 radical (unpaired) electrons. The molecule has 1 aromatic carbocycles. The smallest absolute Gasteiger partial charge is 0.189 e. The lowest BCUT2D eigenvalue weighted by Crippen LogP contribution is -2.33. The Bertz CT molecular complexity index is 1030. The van der Waals surface area contributed by atoms with E-state index in [0.29, 0.717) is 10.9 Å². The molecule has 0 amide bonds. The molecule has 0 saturated carbocycles. The minimum Gasteiger partial charge on any atom is -0.330 e. The molecule has 6 nitrogen and oxygen atoms in total. The van der Waals surface area contributed by atoms with Crippen LogP contribution in [0.4, 0.5) is 11.5 Å². The first-order valence-corrected chi connectivity index (χ1v) is 9.05. The Morgan fingerprint density at radius 2 is 1.92 bits per heavy atom. The molecule has 0 aliphatic heterocycles. The third-order valence-electron chi connectivity index (χ3n) is 3.58. The number of nitrogens with zero attached hydrogens (tertiary/aromatic N) is 3. The van der Waals surface area contributed by atoms with Crippen LogP contribution in [0.3, 0.4) is 0 Å². The van der Waals surface area contributed by atoms with Crippen molar-refractivity contribution in [2.24, 2.45) is 0 Å². The highest BCUT2D eigenvalue weighted by atomic mass is 32.1. The quantitative estimate of drug-likeness (QED) is 0.365. The van der Waals surface area contributed by atoms with Gasteiger partial charge < -0.3 is 5.32 Å². The van der Waals surface area contributed by atoms with Gasteiger partial charge in [-0.05, 0) is 36.0 Å². The summed E-state index contributed by atoms with van der Waals surface area (Å²) in [4.78, 5) is 13.9. The van der Waals surface area contributed by atoms with Crippen molar-refractivity contribution in [3.8, 4) is 10.4 Å². The molecule has 128 valence electrons. The maximum Gasteiger partial charge on any atom is 0.189 e. The van der Waals surface area contributed by atoms with Crippen LogP contribution in [0.1, 0.15) is 0 Å². The van der Waals surface area contributed by atoms with Crippen molar-refractivity contribution >= 4 is 50.4 Å². The summed E-state index contributed by atoms with van der Waals surface area (Å²) in [5, 5.41) is 3.47. The summed E-state index contributed by atoms with van der Waals surface area (Å²) in [6, 6.07) is 16.0. The molecular weight excluding hydrogens is 364 g/mol. The predicted molar refractivity (Wildman–Crippen MR) is 110 cm³/mol. The number of pyridine rings is 1. The van der Waals surface area contributed by atoms with Crippen LogP contribution in [0.15, 0.2) is 67.3 Å². The van der Waals surface area contributed by atoms with Crippen LogP contribution >= 0.6 is 23.6 Å². The summed E-state index contributed by atoms with van der Waals surface area (Å²) >= 11 is 6.92. The molecular formula is C18H14N6S2. The van der Waals surface area contributed by atoms with E-state index in [0.717, 1.165) is 26.3 Å². The van der Waals surface area contributed by atoms with Gasteiger partial charge in [0.25, 0.3) is 0 Å². The molecule has 0 aliphatic rings. The van der Waals surface area contributed by atoms with Gasteiger partial charge >= 0.3 is 0 Å². The average Bonchev–Trinajstić information content (AvgIpc) is 3.13. The fourth-order valence-electron chi connectivity index (χ4n) is 2.40. The van der Waals surface area contributed by atoms with Gasteiger partial charge in [0.2, 0.25) is 0 Å². The highest BCUT2D eigenvalue weighted by Gasteiger charge is 2.10. The fraction of sp³-hybridized carbons (Fsp3) is 0. The van der Waals surface area contributed by atoms with Gasteiger partial charge in [-0.1, -0.05) is 30.3 Å². The number of hydrogen-bond acceptors (Lipinski definition) is 6. The predicted octanol–water partition coefficient (Wildman–Crippen LogP) is 4.07. The largest absolute Gasteiger partial charge is 0.330 e. The zero-order valence-corrected chi connectivity index (χ0v) is 15.1. The molecule has 26 heavy (non-hydrogen) atoms. The van der Waals surface area contributed by atoms with Crippen molar-refractivity contribution in [2.75, 3.05) is 10.7 Å². The molecule has 3 aromatic heterocycles. The number of nitrogens with one attached hydrogen (secondary N) is 3. The Morgan fingerprint density at radius 3 is 2.73 bits per heavy atom. The molecule has 0 atom stereocenters. The number of fused-ring (bicyclic) bond motifs is 1. The molecule has 0 bridgehead atoms. The van der Waals surface area contributed by atoms with E-state index in [1.807, 2.05) is 30.3 Å². The van der Waals surface area contributed by atoms with Crippen LogP contribution in [0.25, 0.3) is 20.7 Å². The summed E-state index contributed by atoms with van der Waals surface area (Å²) < 4.78 is 0.961. The first-order valence-electron chi connectivity index (χ1n) is 7.82. The third kappa shape index (κ3) is 3.61. The third-order valence-corrected chi connectivity index (χ3v) is 4.97. The molecule has 3 heterocycles. The number of thiocarbonyl (C=S) groups is 1. The molecule has 0 saturated heterocycles. The Labute approximate surface area is 159 Å². The second-order valence-corrected chi connectivity index (χ2v) is 6.82. The van der Waals surface area contributed by atoms with Gasteiger partial charge in [0.1, 0.15) is 6.33 Å². The van der Waals surface area contributed by atoms with Crippen LogP contribution in [-0.2, 0) is 0 Å². The Morgan fingerprint density at radius 1 is 1.04 bits per heavy atom. The number of hydrazine groups is 1. The summed E-state index contributed by atoms with van der Waals surface area (Å²) in [5.74, 6) is 0.678. The van der Waals surface area contributed by atoms with Gasteiger partial charge in [-0.2, -0.15) is 0 Å². The number of hydrogen-bond donors (Lipinski definition) is 3. The van der Waals surface area contributed by atoms with Crippen molar-refractivity contribution in [1.29, 1.82) is 0 Å². The SMILES string of the molecule is S=C(NNc1ncnc2cc(-c3ccccc3)sc12)Nc1cccnc1. The van der Waals surface area contributed by atoms with Crippen LogP contribution in [0.5, 0.6) is 0 Å². The van der Waals surface area contributed by atoms with Gasteiger partial charge in [-0.15, -0.1) is 11.3 Å². The average molecular weight is 378 g/mol. The van der Waals surface area contributed by atoms with E-state index in [9.17, 15) is 0 Å². The molecule has 0 spiro atoms. The summed E-state index contributed by atoms with van der Waals surface area (Å²) in [6.45, 7) is 0. The van der Waals surface area contributed by atoms with E-state index in [1.54, 1.807) is 23.7 Å². The molecule has 0 fully saturated rings. The first kappa shape index (κ1) is 16.4. The number of rotatable bonds is 4. The summed E-state index contributed by atoms with van der Waals surface area (Å²) in [5.41, 5.74) is 8.86. The van der Waals surface area contributed by atoms with Crippen molar-refractivity contribution in [3.05, 3.63) is 67.3 Å². The topological polar surface area (TPSA) is 74.8 Å². The molecule has 3 N–H and O–H groups in total. The standard InChI is InChI=1S/C18H14N6S2/c25-18(22-13-7-4-8-19-10-13)24-23-17-16-14(20-11-21-17)9-15(26-16)12-5-2-1-3-6-12/h1-11H,(H,20,21,23)(H2,22,24,25). The zero-order chi connectivity index (χ0) is 17.8. The second-order valence-electron chi connectivity index (χ2n) is 5.36. The summed E-state index contributed by atoms with van der Waals surface area (Å²) in [6.07, 6.45) is 4.94. The van der Waals surface area contributed by atoms with E-state index in [-0.39, 0.29) is 0 Å². The number of thiophene rings is 1. The number of benzene rings is 1. The highest BCUT2D eigenvalue weighted by molar-refractivity contribution is 7.80. The van der Waals surface area contributed by atoms with Crippen molar-refractivity contribution in [3.63, 3.8) is 0 Å². The minimum atomic E-state index is 0.421. The fourth-order valence-corrected chi connectivity index (χ4v) is 3.63. The first-order chi connectivity index (χ1) is 12.8. The van der Waals surface area contributed by atoms with Crippen LogP contribution in [0.2, 0.25) is 0 Å². The van der Waals surface area contributed by atoms with Gasteiger partial charge in [-0.25, -0.2) is 9.97 Å². The lowest BCUT2D eigenvalue weighted by Gasteiger charge is -2.11. The van der Waals surface area contributed by atoms with E-state index in [4.69, 9.17) is 12.2 Å². The monoisotopic (exact) mass is 378 g/mol. The highest BCUT2D eigenvalue weighted by Crippen LogP contribution is 2.35. The van der Waals surface area contributed by atoms with Crippen LogP contribution in [0, 0.1) is 0 Å². The molecule has 8 heteroatoms. The van der Waals surface area contributed by atoms with E-state index in [1.165, 1.54) is 6.33 Å². The zero-order valence-electron chi connectivity index (χ0n) is 13.5. The Balaban J connectivity index is 1.51. The van der Waals surface area contributed by atoms with Gasteiger partial charge in [0.05, 0.1) is 22.1 Å². The molecule has 4 aromatic rings. The van der Waals surface area contributed by atoms with E-state index >= 15 is 0 Å². The number of aromatic nitrogens is 3. The lowest BCUT2D eigenvalue weighted by atomic mass is 10.2. The second kappa shape index (κ2) is 7.42. The molecule has 0 unspecified atom stereocenters.